The van der Waals surface area contributed by atoms with E-state index in [0.717, 1.165) is 5.56 Å². The van der Waals surface area contributed by atoms with Gasteiger partial charge in [-0.3, -0.25) is 0 Å². The normalized spacial score (nSPS) is 13.0. The summed E-state index contributed by atoms with van der Waals surface area (Å²) in [5.74, 6) is -0.436. The maximum atomic E-state index is 9.00. The van der Waals surface area contributed by atoms with Gasteiger partial charge in [0.05, 0.1) is 13.2 Å². The van der Waals surface area contributed by atoms with Crippen molar-refractivity contribution in [1.29, 1.82) is 0 Å². The van der Waals surface area contributed by atoms with E-state index in [1.165, 1.54) is 0 Å². The van der Waals surface area contributed by atoms with Crippen molar-refractivity contribution in [1.82, 2.24) is 0 Å². The first kappa shape index (κ1) is 13.1. The Bertz CT molecular complexity index is 274. The van der Waals surface area contributed by atoms with Gasteiger partial charge in [-0.05, 0) is 12.0 Å². The smallest absolute Gasteiger partial charge is 0.156 e. The summed E-state index contributed by atoms with van der Waals surface area (Å²) in [7, 11) is 0. The van der Waals surface area contributed by atoms with E-state index in [-0.39, 0.29) is 13.2 Å². The van der Waals surface area contributed by atoms with E-state index >= 15 is 0 Å². The zero-order chi connectivity index (χ0) is 11.8. The van der Waals surface area contributed by atoms with Crippen LogP contribution in [0.2, 0.25) is 0 Å². The molecule has 0 saturated carbocycles. The third-order valence-corrected chi connectivity index (χ3v) is 2.37. The molecule has 0 fully saturated rings. The molecular weight excluding hydrogens is 208 g/mol. The first-order valence-corrected chi connectivity index (χ1v) is 5.32. The van der Waals surface area contributed by atoms with E-state index in [1.54, 1.807) is 0 Å². The van der Waals surface area contributed by atoms with E-state index in [1.807, 2.05) is 30.3 Å². The highest BCUT2D eigenvalue weighted by Gasteiger charge is 2.16. The fraction of sp³-hybridized carbons (Fsp3) is 0.500. The van der Waals surface area contributed by atoms with Gasteiger partial charge < -0.3 is 20.1 Å². The lowest BCUT2D eigenvalue weighted by Crippen LogP contribution is -2.25. The lowest BCUT2D eigenvalue weighted by molar-refractivity contribution is -0.111. The second kappa shape index (κ2) is 7.35. The highest BCUT2D eigenvalue weighted by molar-refractivity contribution is 5.13. The molecule has 0 saturated heterocycles. The fourth-order valence-electron chi connectivity index (χ4n) is 1.39. The summed E-state index contributed by atoms with van der Waals surface area (Å²) in [6.45, 7) is 0.597. The van der Waals surface area contributed by atoms with Crippen LogP contribution in [0.3, 0.4) is 0 Å². The number of aliphatic hydroxyl groups excluding tert-OH is 2. The largest absolute Gasteiger partial charge is 0.396 e. The van der Waals surface area contributed by atoms with Crippen molar-refractivity contribution >= 4 is 0 Å². The third-order valence-electron chi connectivity index (χ3n) is 2.37. The van der Waals surface area contributed by atoms with Crippen LogP contribution in [0, 0.1) is 5.92 Å². The van der Waals surface area contributed by atoms with Gasteiger partial charge in [-0.1, -0.05) is 30.3 Å². The highest BCUT2D eigenvalue weighted by atomic mass is 16.5. The quantitative estimate of drug-likeness (QED) is 0.593. The van der Waals surface area contributed by atoms with E-state index < -0.39 is 12.2 Å². The van der Waals surface area contributed by atoms with Gasteiger partial charge in [0, 0.05) is 12.5 Å². The van der Waals surface area contributed by atoms with Crippen molar-refractivity contribution in [2.45, 2.75) is 19.3 Å². The minimum absolute atomic E-state index is 0.0724. The van der Waals surface area contributed by atoms with Gasteiger partial charge in [-0.2, -0.15) is 0 Å². The second-order valence-electron chi connectivity index (χ2n) is 3.69. The summed E-state index contributed by atoms with van der Waals surface area (Å²) in [4.78, 5) is 0. The van der Waals surface area contributed by atoms with Crippen LogP contribution in [0.1, 0.15) is 12.0 Å². The molecule has 4 heteroatoms. The van der Waals surface area contributed by atoms with E-state index in [9.17, 15) is 0 Å². The Kier molecular flexibility index (Phi) is 6.03. The minimum atomic E-state index is -1.44. The lowest BCUT2D eigenvalue weighted by atomic mass is 10.1. The molecule has 4 nitrogen and oxygen atoms in total. The molecule has 0 radical (unpaired) electrons. The zero-order valence-electron chi connectivity index (χ0n) is 9.12. The highest BCUT2D eigenvalue weighted by Crippen LogP contribution is 2.09. The summed E-state index contributed by atoms with van der Waals surface area (Å²) in [6.07, 6.45) is -1.12. The van der Waals surface area contributed by atoms with Crippen LogP contribution in [-0.2, 0) is 11.3 Å². The van der Waals surface area contributed by atoms with Crippen LogP contribution in [0.15, 0.2) is 30.3 Å². The van der Waals surface area contributed by atoms with Crippen molar-refractivity contribution in [3.8, 4) is 0 Å². The Balaban J connectivity index is 2.28. The molecule has 0 aliphatic carbocycles. The predicted octanol–water partition coefficient (Wildman–Crippen LogP) is 0.512. The van der Waals surface area contributed by atoms with Gasteiger partial charge in [0.25, 0.3) is 0 Å². The van der Waals surface area contributed by atoms with Crippen LogP contribution in [0.25, 0.3) is 0 Å². The molecular formula is C12H18O4. The number of rotatable bonds is 7. The number of benzene rings is 1. The Morgan fingerprint density at radius 3 is 2.38 bits per heavy atom. The minimum Gasteiger partial charge on any atom is -0.396 e. The van der Waals surface area contributed by atoms with Crippen molar-refractivity contribution in [3.05, 3.63) is 35.9 Å². The summed E-state index contributed by atoms with van der Waals surface area (Å²) in [5, 5.41) is 26.7. The molecule has 16 heavy (non-hydrogen) atoms. The Hall–Kier alpha value is -0.940. The average Bonchev–Trinajstić information content (AvgIpc) is 2.29. The molecule has 90 valence electrons. The standard InChI is InChI=1S/C12H18O4/c13-7-6-11(12(14)15)9-16-8-10-4-2-1-3-5-10/h1-5,11-15H,6-9H2. The number of hydrogen-bond acceptors (Lipinski definition) is 4. The van der Waals surface area contributed by atoms with E-state index in [2.05, 4.69) is 0 Å². The molecule has 1 atom stereocenters. The average molecular weight is 226 g/mol. The fourth-order valence-corrected chi connectivity index (χ4v) is 1.39. The SMILES string of the molecule is OCCC(COCc1ccccc1)C(O)O. The van der Waals surface area contributed by atoms with Gasteiger partial charge in [0.1, 0.15) is 0 Å². The maximum absolute atomic E-state index is 9.00. The zero-order valence-corrected chi connectivity index (χ0v) is 9.12. The van der Waals surface area contributed by atoms with Crippen LogP contribution in [0.5, 0.6) is 0 Å². The molecule has 1 aromatic carbocycles. The molecule has 0 aliphatic heterocycles. The van der Waals surface area contributed by atoms with Crippen LogP contribution >= 0.6 is 0 Å². The topological polar surface area (TPSA) is 69.9 Å². The summed E-state index contributed by atoms with van der Waals surface area (Å²) < 4.78 is 5.36. The predicted molar refractivity (Wildman–Crippen MR) is 59.5 cm³/mol. The summed E-state index contributed by atoms with van der Waals surface area (Å²) in [6, 6.07) is 9.65. The van der Waals surface area contributed by atoms with Gasteiger partial charge in [0.2, 0.25) is 0 Å². The van der Waals surface area contributed by atoms with Crippen LogP contribution in [-0.4, -0.2) is 34.8 Å². The molecule has 0 aliphatic rings. The number of aliphatic hydroxyl groups is 3. The second-order valence-corrected chi connectivity index (χ2v) is 3.69. The van der Waals surface area contributed by atoms with Crippen molar-refractivity contribution in [2.75, 3.05) is 13.2 Å². The third kappa shape index (κ3) is 4.72. The molecule has 0 spiro atoms. The Labute approximate surface area is 95.1 Å². The Morgan fingerprint density at radius 2 is 1.81 bits per heavy atom. The molecule has 0 heterocycles. The molecule has 1 rings (SSSR count). The molecule has 1 unspecified atom stereocenters. The summed E-state index contributed by atoms with van der Waals surface area (Å²) >= 11 is 0. The molecule has 3 N–H and O–H groups in total. The monoisotopic (exact) mass is 226 g/mol. The molecule has 0 bridgehead atoms. The van der Waals surface area contributed by atoms with E-state index in [0.29, 0.717) is 13.0 Å². The Morgan fingerprint density at radius 1 is 1.12 bits per heavy atom. The van der Waals surface area contributed by atoms with Crippen molar-refractivity contribution in [2.24, 2.45) is 5.92 Å². The van der Waals surface area contributed by atoms with Gasteiger partial charge in [-0.25, -0.2) is 0 Å². The van der Waals surface area contributed by atoms with Gasteiger partial charge in [-0.15, -0.1) is 0 Å². The van der Waals surface area contributed by atoms with Crippen molar-refractivity contribution in [3.63, 3.8) is 0 Å². The molecule has 0 amide bonds. The first-order valence-electron chi connectivity index (χ1n) is 5.32. The first-order chi connectivity index (χ1) is 7.74. The van der Waals surface area contributed by atoms with Gasteiger partial charge >= 0.3 is 0 Å². The van der Waals surface area contributed by atoms with E-state index in [4.69, 9.17) is 20.1 Å². The van der Waals surface area contributed by atoms with Crippen LogP contribution < -0.4 is 0 Å². The van der Waals surface area contributed by atoms with Crippen LogP contribution in [0.4, 0.5) is 0 Å². The number of ether oxygens (including phenoxy) is 1. The van der Waals surface area contributed by atoms with Crippen molar-refractivity contribution < 1.29 is 20.1 Å². The van der Waals surface area contributed by atoms with Gasteiger partial charge in [0.15, 0.2) is 6.29 Å². The summed E-state index contributed by atoms with van der Waals surface area (Å²) in [5.41, 5.74) is 1.04. The maximum Gasteiger partial charge on any atom is 0.156 e. The number of hydrogen-bond donors (Lipinski definition) is 3. The molecule has 1 aromatic rings. The molecule has 0 aromatic heterocycles. The lowest BCUT2D eigenvalue weighted by Gasteiger charge is -2.17.